The predicted octanol–water partition coefficient (Wildman–Crippen LogP) is 2.44. The minimum absolute atomic E-state index is 0.0558. The molecule has 0 unspecified atom stereocenters. The Morgan fingerprint density at radius 3 is 2.95 bits per heavy atom. The fraction of sp³-hybridized carbons (Fsp3) is 0.188. The average molecular weight is 302 g/mol. The predicted molar refractivity (Wildman–Crippen MR) is 82.6 cm³/mol. The fourth-order valence-electron chi connectivity index (χ4n) is 1.76. The van der Waals surface area contributed by atoms with E-state index < -0.39 is 11.7 Å². The van der Waals surface area contributed by atoms with Crippen LogP contribution in [-0.2, 0) is 6.54 Å². The lowest BCUT2D eigenvalue weighted by atomic mass is 10.1. The van der Waals surface area contributed by atoms with E-state index in [2.05, 4.69) is 17.2 Å². The molecule has 0 aliphatic carbocycles. The number of hydrogen-bond acceptors (Lipinski definition) is 3. The number of nitrogens with two attached hydrogens (primary N) is 1. The van der Waals surface area contributed by atoms with Gasteiger partial charge in [0.2, 0.25) is 0 Å². The Morgan fingerprint density at radius 1 is 1.43 bits per heavy atom. The zero-order chi connectivity index (χ0) is 15.2. The van der Waals surface area contributed by atoms with Crippen LogP contribution in [0.2, 0.25) is 0 Å². The lowest BCUT2D eigenvalue weighted by Gasteiger charge is -2.05. The first-order valence-corrected chi connectivity index (χ1v) is 7.29. The van der Waals surface area contributed by atoms with E-state index in [-0.39, 0.29) is 5.56 Å². The second kappa shape index (κ2) is 7.02. The number of benzene rings is 1. The molecule has 0 bridgehead atoms. The van der Waals surface area contributed by atoms with Crippen LogP contribution >= 0.6 is 11.3 Å². The Labute approximate surface area is 127 Å². The summed E-state index contributed by atoms with van der Waals surface area (Å²) in [6.07, 6.45) is 0. The van der Waals surface area contributed by atoms with Gasteiger partial charge in [-0.2, -0.15) is 0 Å². The van der Waals surface area contributed by atoms with Crippen molar-refractivity contribution < 1.29 is 9.18 Å². The van der Waals surface area contributed by atoms with Gasteiger partial charge in [-0.05, 0) is 30.7 Å². The Hall–Kier alpha value is -2.16. The van der Waals surface area contributed by atoms with E-state index in [1.807, 2.05) is 11.4 Å². The van der Waals surface area contributed by atoms with Crippen molar-refractivity contribution >= 4 is 17.2 Å². The van der Waals surface area contributed by atoms with Crippen molar-refractivity contribution in [3.63, 3.8) is 0 Å². The molecule has 2 aromatic rings. The van der Waals surface area contributed by atoms with Crippen LogP contribution in [0.25, 0.3) is 0 Å². The van der Waals surface area contributed by atoms with Crippen molar-refractivity contribution in [2.45, 2.75) is 13.5 Å². The maximum absolute atomic E-state index is 13.7. The number of nitrogens with one attached hydrogen (secondary N) is 1. The van der Waals surface area contributed by atoms with Crippen LogP contribution in [0.15, 0.2) is 29.6 Å². The van der Waals surface area contributed by atoms with Crippen molar-refractivity contribution in [1.82, 2.24) is 5.32 Å². The first-order chi connectivity index (χ1) is 10.1. The highest BCUT2D eigenvalue weighted by Gasteiger charge is 2.11. The summed E-state index contributed by atoms with van der Waals surface area (Å²) in [5, 5.41) is 4.60. The molecule has 3 nitrogen and oxygen atoms in total. The molecule has 1 amide bonds. The van der Waals surface area contributed by atoms with Crippen LogP contribution < -0.4 is 11.1 Å². The molecular weight excluding hydrogens is 287 g/mol. The van der Waals surface area contributed by atoms with Crippen molar-refractivity contribution in [3.8, 4) is 11.8 Å². The number of amides is 1. The molecule has 0 atom stereocenters. The molecule has 3 N–H and O–H groups in total. The molecule has 0 fully saturated rings. The van der Waals surface area contributed by atoms with Gasteiger partial charge in [0, 0.05) is 15.8 Å². The largest absolute Gasteiger partial charge is 0.347 e. The zero-order valence-electron chi connectivity index (χ0n) is 11.6. The Morgan fingerprint density at radius 2 is 2.24 bits per heavy atom. The minimum Gasteiger partial charge on any atom is -0.347 e. The number of aryl methyl sites for hydroxylation is 1. The van der Waals surface area contributed by atoms with Gasteiger partial charge in [0.05, 0.1) is 18.7 Å². The van der Waals surface area contributed by atoms with Gasteiger partial charge in [0.15, 0.2) is 0 Å². The van der Waals surface area contributed by atoms with Crippen molar-refractivity contribution in [3.05, 3.63) is 57.0 Å². The van der Waals surface area contributed by atoms with Crippen molar-refractivity contribution in [2.75, 3.05) is 6.54 Å². The molecule has 21 heavy (non-hydrogen) atoms. The Balaban J connectivity index is 1.99. The molecule has 0 spiro atoms. The molecule has 1 heterocycles. The van der Waals surface area contributed by atoms with E-state index in [1.54, 1.807) is 13.0 Å². The molecule has 0 radical (unpaired) electrons. The van der Waals surface area contributed by atoms with Gasteiger partial charge >= 0.3 is 0 Å². The molecule has 0 aliphatic heterocycles. The number of carbonyl (C=O) groups excluding carboxylic acids is 1. The molecule has 0 saturated heterocycles. The third kappa shape index (κ3) is 4.15. The number of hydrogen-bond donors (Lipinski definition) is 2. The average Bonchev–Trinajstić information content (AvgIpc) is 2.90. The van der Waals surface area contributed by atoms with Gasteiger partial charge in [-0.3, -0.25) is 4.79 Å². The summed E-state index contributed by atoms with van der Waals surface area (Å²) in [6, 6.07) is 6.44. The van der Waals surface area contributed by atoms with Crippen molar-refractivity contribution in [2.24, 2.45) is 5.73 Å². The van der Waals surface area contributed by atoms with E-state index >= 15 is 0 Å². The van der Waals surface area contributed by atoms with Crippen LogP contribution in [0.3, 0.4) is 0 Å². The lowest BCUT2D eigenvalue weighted by molar-refractivity contribution is 0.0947. The minimum atomic E-state index is -0.506. The van der Waals surface area contributed by atoms with Crippen LogP contribution in [0.1, 0.15) is 26.4 Å². The van der Waals surface area contributed by atoms with Gasteiger partial charge in [0.1, 0.15) is 5.82 Å². The Kier molecular flexibility index (Phi) is 5.09. The van der Waals surface area contributed by atoms with E-state index in [9.17, 15) is 9.18 Å². The summed E-state index contributed by atoms with van der Waals surface area (Å²) in [5.41, 5.74) is 7.02. The van der Waals surface area contributed by atoms with E-state index in [0.29, 0.717) is 13.1 Å². The SMILES string of the molecule is Cc1ccc(C(=O)NCc2cc(C#CCN)cs2)c(F)c1. The number of rotatable bonds is 3. The standard InChI is InChI=1S/C16H15FN2OS/c1-11-4-5-14(15(17)7-11)16(20)19-9-13-8-12(10-21-13)3-2-6-18/h4-5,7-8,10H,6,9,18H2,1H3,(H,19,20). The first-order valence-electron chi connectivity index (χ1n) is 6.41. The van der Waals surface area contributed by atoms with Gasteiger partial charge < -0.3 is 11.1 Å². The monoisotopic (exact) mass is 302 g/mol. The first kappa shape index (κ1) is 15.2. The quantitative estimate of drug-likeness (QED) is 0.856. The Bertz CT molecular complexity index is 713. The highest BCUT2D eigenvalue weighted by Crippen LogP contribution is 2.14. The van der Waals surface area contributed by atoms with Crippen LogP contribution in [0, 0.1) is 24.6 Å². The maximum atomic E-state index is 13.7. The summed E-state index contributed by atoms with van der Waals surface area (Å²) in [5.74, 6) is 4.76. The van der Waals surface area contributed by atoms with Crippen molar-refractivity contribution in [1.29, 1.82) is 0 Å². The third-order valence-corrected chi connectivity index (χ3v) is 3.72. The second-order valence-electron chi connectivity index (χ2n) is 4.47. The number of thiophene rings is 1. The third-order valence-electron chi connectivity index (χ3n) is 2.78. The van der Waals surface area contributed by atoms with Crippen LogP contribution in [0.5, 0.6) is 0 Å². The highest BCUT2D eigenvalue weighted by molar-refractivity contribution is 7.10. The summed E-state index contributed by atoms with van der Waals surface area (Å²) in [7, 11) is 0. The van der Waals surface area contributed by atoms with Crippen LogP contribution in [-0.4, -0.2) is 12.5 Å². The highest BCUT2D eigenvalue weighted by atomic mass is 32.1. The normalized spacial score (nSPS) is 9.86. The van der Waals surface area contributed by atoms with E-state index in [0.717, 1.165) is 16.0 Å². The van der Waals surface area contributed by atoms with E-state index in [1.165, 1.54) is 23.5 Å². The second-order valence-corrected chi connectivity index (χ2v) is 5.47. The molecule has 0 saturated carbocycles. The summed E-state index contributed by atoms with van der Waals surface area (Å²) in [6.45, 7) is 2.44. The summed E-state index contributed by atoms with van der Waals surface area (Å²) in [4.78, 5) is 12.9. The molecule has 5 heteroatoms. The molecule has 1 aromatic carbocycles. The van der Waals surface area contributed by atoms with Gasteiger partial charge in [-0.25, -0.2) is 4.39 Å². The van der Waals surface area contributed by atoms with Gasteiger partial charge in [-0.1, -0.05) is 17.9 Å². The molecule has 1 aromatic heterocycles. The number of halogens is 1. The lowest BCUT2D eigenvalue weighted by Crippen LogP contribution is -2.23. The summed E-state index contributed by atoms with van der Waals surface area (Å²) >= 11 is 1.49. The summed E-state index contributed by atoms with van der Waals surface area (Å²) < 4.78 is 13.7. The number of carbonyl (C=O) groups is 1. The molecule has 0 aliphatic rings. The van der Waals surface area contributed by atoms with Crippen LogP contribution in [0.4, 0.5) is 4.39 Å². The topological polar surface area (TPSA) is 55.1 Å². The fourth-order valence-corrected chi connectivity index (χ4v) is 2.51. The molecule has 2 rings (SSSR count). The zero-order valence-corrected chi connectivity index (χ0v) is 12.4. The molecular formula is C16H15FN2OS. The van der Waals surface area contributed by atoms with E-state index in [4.69, 9.17) is 5.73 Å². The molecule has 108 valence electrons. The smallest absolute Gasteiger partial charge is 0.254 e. The van der Waals surface area contributed by atoms with Gasteiger partial charge in [-0.15, -0.1) is 11.3 Å². The maximum Gasteiger partial charge on any atom is 0.254 e. The van der Waals surface area contributed by atoms with Gasteiger partial charge in [0.25, 0.3) is 5.91 Å².